The summed E-state index contributed by atoms with van der Waals surface area (Å²) in [6, 6.07) is 12.1. The lowest BCUT2D eigenvalue weighted by atomic mass is 9.83. The van der Waals surface area contributed by atoms with Gasteiger partial charge in [0.2, 0.25) is 5.91 Å². The summed E-state index contributed by atoms with van der Waals surface area (Å²) in [6.07, 6.45) is 5.34. The van der Waals surface area contributed by atoms with Crippen molar-refractivity contribution >= 4 is 17.7 Å². The zero-order chi connectivity index (χ0) is 19.9. The van der Waals surface area contributed by atoms with E-state index in [-0.39, 0.29) is 24.4 Å². The smallest absolute Gasteiger partial charge is 0.330 e. The molecule has 2 heterocycles. The number of unbranched alkanes of at least 4 members (excludes halogenated alkanes) is 2. The second kappa shape index (κ2) is 9.35. The Kier molecular flexibility index (Phi) is 6.63. The first-order chi connectivity index (χ1) is 13.7. The molecule has 0 N–H and O–H groups in total. The van der Waals surface area contributed by atoms with Crippen LogP contribution in [0.1, 0.15) is 38.2 Å². The van der Waals surface area contributed by atoms with Crippen LogP contribution in [0.2, 0.25) is 0 Å². The number of esters is 1. The first-order valence-electron chi connectivity index (χ1n) is 9.69. The Morgan fingerprint density at radius 3 is 2.57 bits per heavy atom. The number of β-lactam (4-membered cyclic amide) rings is 1. The molecule has 0 radical (unpaired) electrons. The lowest BCUT2D eigenvalue weighted by molar-refractivity contribution is -0.155. The highest BCUT2D eigenvalue weighted by Crippen LogP contribution is 2.35. The van der Waals surface area contributed by atoms with Gasteiger partial charge >= 0.3 is 5.97 Å². The third kappa shape index (κ3) is 4.32. The number of carbonyl (C=O) groups is 2. The zero-order valence-electron chi connectivity index (χ0n) is 16.3. The minimum Gasteiger partial charge on any atom is -0.497 e. The van der Waals surface area contributed by atoms with Crippen LogP contribution in [0.4, 0.5) is 5.82 Å². The van der Waals surface area contributed by atoms with Crippen LogP contribution in [-0.2, 0) is 20.9 Å². The summed E-state index contributed by atoms with van der Waals surface area (Å²) in [5.41, 5.74) is 0.867. The van der Waals surface area contributed by atoms with Gasteiger partial charge in [0.15, 0.2) is 0 Å². The maximum atomic E-state index is 12.8. The molecule has 2 aromatic rings. The average Bonchev–Trinajstić information content (AvgIpc) is 2.74. The van der Waals surface area contributed by atoms with Crippen molar-refractivity contribution in [3.63, 3.8) is 0 Å². The van der Waals surface area contributed by atoms with Gasteiger partial charge in [-0.25, -0.2) is 9.78 Å². The van der Waals surface area contributed by atoms with E-state index < -0.39 is 6.04 Å². The number of nitrogens with zero attached hydrogens (tertiary/aromatic N) is 2. The SMILES string of the molecule is CCCCCC1C(=O)N(c2ccccn2)C1C(=O)OCc1ccc(OC)cc1. The molecule has 2 unspecified atom stereocenters. The largest absolute Gasteiger partial charge is 0.497 e. The highest BCUT2D eigenvalue weighted by molar-refractivity contribution is 6.10. The molecule has 3 rings (SSSR count). The topological polar surface area (TPSA) is 68.7 Å². The van der Waals surface area contributed by atoms with Gasteiger partial charge in [0.25, 0.3) is 0 Å². The number of benzene rings is 1. The summed E-state index contributed by atoms with van der Waals surface area (Å²) in [4.78, 5) is 31.2. The lowest BCUT2D eigenvalue weighted by Crippen LogP contribution is -2.65. The zero-order valence-corrected chi connectivity index (χ0v) is 16.3. The van der Waals surface area contributed by atoms with Crippen molar-refractivity contribution in [3.05, 3.63) is 54.2 Å². The summed E-state index contributed by atoms with van der Waals surface area (Å²) >= 11 is 0. The second-order valence-electron chi connectivity index (χ2n) is 6.90. The number of hydrogen-bond acceptors (Lipinski definition) is 5. The van der Waals surface area contributed by atoms with Gasteiger partial charge < -0.3 is 9.47 Å². The molecule has 2 atom stereocenters. The Hall–Kier alpha value is -2.89. The quantitative estimate of drug-likeness (QED) is 0.375. The molecule has 0 saturated carbocycles. The number of rotatable bonds is 9. The van der Waals surface area contributed by atoms with E-state index in [1.54, 1.807) is 31.5 Å². The Balaban J connectivity index is 1.69. The number of aromatic nitrogens is 1. The van der Waals surface area contributed by atoms with Crippen LogP contribution >= 0.6 is 0 Å². The van der Waals surface area contributed by atoms with Gasteiger partial charge in [0, 0.05) is 6.20 Å². The van der Waals surface area contributed by atoms with Crippen LogP contribution in [0.3, 0.4) is 0 Å². The highest BCUT2D eigenvalue weighted by atomic mass is 16.5. The fourth-order valence-electron chi connectivity index (χ4n) is 3.43. The molecule has 6 nitrogen and oxygen atoms in total. The first kappa shape index (κ1) is 19.9. The molecule has 28 heavy (non-hydrogen) atoms. The molecular weight excluding hydrogens is 356 g/mol. The van der Waals surface area contributed by atoms with Gasteiger partial charge in [-0.2, -0.15) is 0 Å². The molecule has 0 bridgehead atoms. The van der Waals surface area contributed by atoms with Crippen molar-refractivity contribution in [2.24, 2.45) is 5.92 Å². The molecule has 0 aliphatic carbocycles. The average molecular weight is 382 g/mol. The van der Waals surface area contributed by atoms with E-state index in [1.165, 1.54) is 4.90 Å². The number of methoxy groups -OCH3 is 1. The molecule has 0 spiro atoms. The first-order valence-corrected chi connectivity index (χ1v) is 9.69. The Bertz CT molecular complexity index is 792. The molecule has 148 valence electrons. The summed E-state index contributed by atoms with van der Waals surface area (Å²) < 4.78 is 10.7. The molecule has 1 fully saturated rings. The Labute approximate surface area is 165 Å². The van der Waals surface area contributed by atoms with Crippen molar-refractivity contribution < 1.29 is 19.1 Å². The van der Waals surface area contributed by atoms with E-state index in [0.717, 1.165) is 30.6 Å². The standard InChI is InChI=1S/C22H26N2O4/c1-3-4-5-8-18-20(24(21(18)25)19-9-6-7-14-23-19)22(26)28-15-16-10-12-17(27-2)13-11-16/h6-7,9-14,18,20H,3-5,8,15H2,1-2H3. The van der Waals surface area contributed by atoms with Crippen LogP contribution in [0, 0.1) is 5.92 Å². The summed E-state index contributed by atoms with van der Waals surface area (Å²) in [6.45, 7) is 2.27. The lowest BCUT2D eigenvalue weighted by Gasteiger charge is -2.44. The van der Waals surface area contributed by atoms with Crippen LogP contribution in [0.15, 0.2) is 48.7 Å². The number of ether oxygens (including phenoxy) is 2. The predicted molar refractivity (Wildman–Crippen MR) is 106 cm³/mol. The maximum Gasteiger partial charge on any atom is 0.330 e. The van der Waals surface area contributed by atoms with Crippen LogP contribution in [-0.4, -0.2) is 30.0 Å². The molecule has 1 aliphatic heterocycles. The Morgan fingerprint density at radius 2 is 1.93 bits per heavy atom. The summed E-state index contributed by atoms with van der Waals surface area (Å²) in [5, 5.41) is 0. The number of hydrogen-bond donors (Lipinski definition) is 0. The van der Waals surface area contributed by atoms with E-state index >= 15 is 0 Å². The van der Waals surface area contributed by atoms with Crippen molar-refractivity contribution in [2.75, 3.05) is 12.0 Å². The van der Waals surface area contributed by atoms with Crippen molar-refractivity contribution in [1.29, 1.82) is 0 Å². The maximum absolute atomic E-state index is 12.8. The number of amides is 1. The van der Waals surface area contributed by atoms with Crippen LogP contribution in [0.25, 0.3) is 0 Å². The third-order valence-electron chi connectivity index (χ3n) is 5.01. The van der Waals surface area contributed by atoms with Gasteiger partial charge in [-0.3, -0.25) is 9.69 Å². The number of anilines is 1. The second-order valence-corrected chi connectivity index (χ2v) is 6.90. The molecule has 1 aromatic heterocycles. The Morgan fingerprint density at radius 1 is 1.14 bits per heavy atom. The normalized spacial score (nSPS) is 18.5. The van der Waals surface area contributed by atoms with Gasteiger partial charge in [-0.1, -0.05) is 44.4 Å². The summed E-state index contributed by atoms with van der Waals surface area (Å²) in [7, 11) is 1.60. The predicted octanol–water partition coefficient (Wildman–Crippen LogP) is 3.75. The third-order valence-corrected chi connectivity index (χ3v) is 5.01. The van der Waals surface area contributed by atoms with Gasteiger partial charge in [0.05, 0.1) is 13.0 Å². The molecular formula is C22H26N2O4. The molecule has 1 aromatic carbocycles. The molecule has 1 saturated heterocycles. The fraction of sp³-hybridized carbons (Fsp3) is 0.409. The van der Waals surface area contributed by atoms with E-state index in [2.05, 4.69) is 11.9 Å². The van der Waals surface area contributed by atoms with E-state index in [1.807, 2.05) is 24.3 Å². The minimum absolute atomic E-state index is 0.0544. The van der Waals surface area contributed by atoms with Gasteiger partial charge in [-0.05, 0) is 36.2 Å². The number of pyridine rings is 1. The minimum atomic E-state index is -0.613. The van der Waals surface area contributed by atoms with Gasteiger partial charge in [0.1, 0.15) is 24.2 Å². The van der Waals surface area contributed by atoms with E-state index in [4.69, 9.17) is 9.47 Å². The van der Waals surface area contributed by atoms with Gasteiger partial charge in [-0.15, -0.1) is 0 Å². The molecule has 6 heteroatoms. The van der Waals surface area contributed by atoms with Crippen molar-refractivity contribution in [1.82, 2.24) is 4.98 Å². The highest BCUT2D eigenvalue weighted by Gasteiger charge is 2.53. The van der Waals surface area contributed by atoms with E-state index in [0.29, 0.717) is 12.2 Å². The molecule has 1 amide bonds. The number of carbonyl (C=O) groups excluding carboxylic acids is 2. The van der Waals surface area contributed by atoms with E-state index in [9.17, 15) is 9.59 Å². The van der Waals surface area contributed by atoms with Crippen molar-refractivity contribution in [2.45, 2.75) is 45.3 Å². The monoisotopic (exact) mass is 382 g/mol. The van der Waals surface area contributed by atoms with Crippen molar-refractivity contribution in [3.8, 4) is 5.75 Å². The fourth-order valence-corrected chi connectivity index (χ4v) is 3.43. The van der Waals surface area contributed by atoms with Crippen LogP contribution < -0.4 is 9.64 Å². The molecule has 1 aliphatic rings. The summed E-state index contributed by atoms with van der Waals surface area (Å²) in [5.74, 6) is 0.461. The van der Waals surface area contributed by atoms with Crippen LogP contribution in [0.5, 0.6) is 5.75 Å².